The molecule has 0 bridgehead atoms. The summed E-state index contributed by atoms with van der Waals surface area (Å²) >= 11 is 0. The van der Waals surface area contributed by atoms with Crippen LogP contribution in [0.15, 0.2) is 53.4 Å². The maximum Gasteiger partial charge on any atom is 0.308 e. The van der Waals surface area contributed by atoms with Gasteiger partial charge in [0.1, 0.15) is 16.6 Å². The van der Waals surface area contributed by atoms with E-state index in [0.717, 1.165) is 16.7 Å². The zero-order chi connectivity index (χ0) is 19.3. The Balaban J connectivity index is 2.19. The highest BCUT2D eigenvalue weighted by Gasteiger charge is 2.23. The van der Waals surface area contributed by atoms with E-state index in [9.17, 15) is 9.00 Å². The lowest BCUT2D eigenvalue weighted by atomic mass is 10.0. The summed E-state index contributed by atoms with van der Waals surface area (Å²) < 4.78 is 21.2. The Kier molecular flexibility index (Phi) is 6.73. The van der Waals surface area contributed by atoms with Gasteiger partial charge in [0.05, 0.1) is 17.4 Å². The Morgan fingerprint density at radius 1 is 1.00 bits per heavy atom. The van der Waals surface area contributed by atoms with Gasteiger partial charge in [-0.2, -0.15) is 0 Å². The molecule has 4 nitrogen and oxygen atoms in total. The van der Waals surface area contributed by atoms with Gasteiger partial charge in [0, 0.05) is 0 Å². The lowest BCUT2D eigenvalue weighted by Crippen LogP contribution is -2.30. The van der Waals surface area contributed by atoms with Gasteiger partial charge >= 0.3 is 5.97 Å². The summed E-state index contributed by atoms with van der Waals surface area (Å²) in [7, 11) is -1.42. The number of nitrogens with one attached hydrogen (secondary N) is 1. The van der Waals surface area contributed by atoms with Crippen LogP contribution in [0.5, 0.6) is 0 Å². The quantitative estimate of drug-likeness (QED) is 0.764. The van der Waals surface area contributed by atoms with Gasteiger partial charge in [0.15, 0.2) is 0 Å². The Labute approximate surface area is 158 Å². The highest BCUT2D eigenvalue weighted by atomic mass is 32.2. The second-order valence-corrected chi connectivity index (χ2v) is 8.70. The highest BCUT2D eigenvalue weighted by Crippen LogP contribution is 2.22. The molecule has 140 valence electrons. The van der Waals surface area contributed by atoms with Crippen molar-refractivity contribution in [2.75, 3.05) is 0 Å². The summed E-state index contributed by atoms with van der Waals surface area (Å²) in [5.41, 5.74) is 2.59. The number of ether oxygens (including phenoxy) is 1. The van der Waals surface area contributed by atoms with Crippen LogP contribution in [0, 0.1) is 13.8 Å². The largest absolute Gasteiger partial charge is 0.460 e. The van der Waals surface area contributed by atoms with Crippen molar-refractivity contribution in [1.82, 2.24) is 4.72 Å². The maximum atomic E-state index is 12.7. The molecule has 0 aliphatic rings. The summed E-state index contributed by atoms with van der Waals surface area (Å²) in [5, 5.41) is 0. The second-order valence-electron chi connectivity index (χ2n) is 7.45. The zero-order valence-electron chi connectivity index (χ0n) is 16.0. The van der Waals surface area contributed by atoms with E-state index >= 15 is 0 Å². The van der Waals surface area contributed by atoms with Gasteiger partial charge in [-0.1, -0.05) is 47.5 Å². The molecule has 0 aliphatic heterocycles. The molecule has 26 heavy (non-hydrogen) atoms. The first-order valence-electron chi connectivity index (χ1n) is 8.67. The molecule has 0 aromatic heterocycles. The van der Waals surface area contributed by atoms with Crippen LogP contribution in [-0.2, 0) is 20.5 Å². The normalized spacial score (nSPS) is 13.9. The Morgan fingerprint density at radius 2 is 1.50 bits per heavy atom. The number of benzene rings is 2. The van der Waals surface area contributed by atoms with Crippen LogP contribution in [0.25, 0.3) is 0 Å². The number of carbonyl (C=O) groups excluding carboxylic acids is 1. The van der Waals surface area contributed by atoms with Gasteiger partial charge in [0.25, 0.3) is 0 Å². The number of hydrogen-bond donors (Lipinski definition) is 1. The summed E-state index contributed by atoms with van der Waals surface area (Å²) in [6.07, 6.45) is 0.109. The zero-order valence-corrected chi connectivity index (χ0v) is 16.9. The van der Waals surface area contributed by atoms with E-state index in [1.54, 1.807) is 0 Å². The predicted octanol–water partition coefficient (Wildman–Crippen LogP) is 4.39. The molecule has 2 aromatic carbocycles. The molecule has 1 unspecified atom stereocenters. The number of carbonyl (C=O) groups is 1. The smallest absolute Gasteiger partial charge is 0.308 e. The van der Waals surface area contributed by atoms with Crippen LogP contribution in [0.3, 0.4) is 0 Å². The van der Waals surface area contributed by atoms with E-state index in [4.69, 9.17) is 4.74 Å². The third-order valence-electron chi connectivity index (χ3n) is 3.75. The summed E-state index contributed by atoms with van der Waals surface area (Å²) in [5.74, 6) is -0.323. The third kappa shape index (κ3) is 6.39. The Hall–Kier alpha value is -1.98. The molecular formula is C21H27NO3S. The first kappa shape index (κ1) is 20.3. The van der Waals surface area contributed by atoms with Crippen LogP contribution in [-0.4, -0.2) is 15.8 Å². The Bertz CT molecular complexity index is 761. The lowest BCUT2D eigenvalue weighted by Gasteiger charge is -2.23. The fourth-order valence-corrected chi connectivity index (χ4v) is 3.43. The van der Waals surface area contributed by atoms with Gasteiger partial charge < -0.3 is 4.74 Å². The van der Waals surface area contributed by atoms with Gasteiger partial charge in [-0.25, -0.2) is 8.93 Å². The fraction of sp³-hybridized carbons (Fsp3) is 0.381. The summed E-state index contributed by atoms with van der Waals surface area (Å²) in [6, 6.07) is 15.0. The van der Waals surface area contributed by atoms with Gasteiger partial charge in [-0.15, -0.1) is 0 Å². The van der Waals surface area contributed by atoms with Crippen molar-refractivity contribution < 1.29 is 13.7 Å². The van der Waals surface area contributed by atoms with E-state index < -0.39 is 22.6 Å². The number of esters is 1. The van der Waals surface area contributed by atoms with Crippen molar-refractivity contribution in [3.8, 4) is 0 Å². The van der Waals surface area contributed by atoms with Crippen LogP contribution in [0.1, 0.15) is 49.9 Å². The second kappa shape index (κ2) is 8.60. The molecule has 1 N–H and O–H groups in total. The number of aryl methyl sites for hydroxylation is 2. The molecule has 2 rings (SSSR count). The van der Waals surface area contributed by atoms with Crippen molar-refractivity contribution in [1.29, 1.82) is 0 Å². The van der Waals surface area contributed by atoms with Crippen molar-refractivity contribution in [3.05, 3.63) is 65.2 Å². The molecule has 0 amide bonds. The molecule has 0 saturated heterocycles. The monoisotopic (exact) mass is 373 g/mol. The van der Waals surface area contributed by atoms with Crippen LogP contribution in [0.4, 0.5) is 0 Å². The molecule has 0 aliphatic carbocycles. The molecule has 0 fully saturated rings. The molecule has 2 atom stereocenters. The molecule has 2 aromatic rings. The van der Waals surface area contributed by atoms with E-state index in [1.165, 1.54) is 0 Å². The van der Waals surface area contributed by atoms with Crippen molar-refractivity contribution in [3.63, 3.8) is 0 Å². The number of hydrogen-bond acceptors (Lipinski definition) is 3. The van der Waals surface area contributed by atoms with E-state index in [0.29, 0.717) is 4.90 Å². The minimum atomic E-state index is -1.42. The molecule has 0 spiro atoms. The van der Waals surface area contributed by atoms with Crippen molar-refractivity contribution >= 4 is 17.0 Å². The van der Waals surface area contributed by atoms with Crippen LogP contribution >= 0.6 is 0 Å². The van der Waals surface area contributed by atoms with Crippen molar-refractivity contribution in [2.45, 2.75) is 57.6 Å². The Morgan fingerprint density at radius 3 is 2.00 bits per heavy atom. The van der Waals surface area contributed by atoms with Crippen LogP contribution in [0.2, 0.25) is 0 Å². The minimum absolute atomic E-state index is 0.109. The first-order chi connectivity index (χ1) is 12.1. The molecule has 5 heteroatoms. The van der Waals surface area contributed by atoms with Gasteiger partial charge in [0.2, 0.25) is 0 Å². The molecule has 0 heterocycles. The predicted molar refractivity (Wildman–Crippen MR) is 105 cm³/mol. The molecule has 0 radical (unpaired) electrons. The van der Waals surface area contributed by atoms with E-state index in [-0.39, 0.29) is 12.4 Å². The van der Waals surface area contributed by atoms with Gasteiger partial charge in [-0.3, -0.25) is 4.79 Å². The third-order valence-corrected chi connectivity index (χ3v) is 4.95. The fourth-order valence-electron chi connectivity index (χ4n) is 2.44. The van der Waals surface area contributed by atoms with E-state index in [2.05, 4.69) is 4.72 Å². The van der Waals surface area contributed by atoms with Gasteiger partial charge in [-0.05, 0) is 52.3 Å². The average molecular weight is 374 g/mol. The first-order valence-corrected chi connectivity index (χ1v) is 9.82. The average Bonchev–Trinajstić information content (AvgIpc) is 2.53. The topological polar surface area (TPSA) is 55.4 Å². The van der Waals surface area contributed by atoms with Crippen LogP contribution < -0.4 is 4.72 Å². The maximum absolute atomic E-state index is 12.7. The minimum Gasteiger partial charge on any atom is -0.460 e. The SMILES string of the molecule is Cc1ccc([C@@H](CC(=O)OC(C)(C)C)NS(=O)c2ccc(C)cc2)cc1. The molecule has 0 saturated carbocycles. The lowest BCUT2D eigenvalue weighted by molar-refractivity contribution is -0.155. The summed E-state index contributed by atoms with van der Waals surface area (Å²) in [6.45, 7) is 9.50. The van der Waals surface area contributed by atoms with Crippen molar-refractivity contribution in [2.24, 2.45) is 0 Å². The highest BCUT2D eigenvalue weighted by molar-refractivity contribution is 7.83. The standard InChI is InChI=1S/C21H27NO3S/c1-15-6-10-17(11-7-15)19(14-20(23)25-21(3,4)5)22-26(24)18-12-8-16(2)9-13-18/h6-13,19,22H,14H2,1-5H3/t19-,26?/m1/s1. The molecular weight excluding hydrogens is 346 g/mol. The van der Waals surface area contributed by atoms with E-state index in [1.807, 2.05) is 83.1 Å². The number of rotatable bonds is 6. The summed E-state index contributed by atoms with van der Waals surface area (Å²) in [4.78, 5) is 13.0.